The van der Waals surface area contributed by atoms with Crippen LogP contribution in [-0.2, 0) is 21.1 Å². The summed E-state index contributed by atoms with van der Waals surface area (Å²) in [5.41, 5.74) is -15.6. The second kappa shape index (κ2) is 15.7. The van der Waals surface area contributed by atoms with Gasteiger partial charge in [0.05, 0.1) is 34.2 Å². The summed E-state index contributed by atoms with van der Waals surface area (Å²) in [5.74, 6) is -41.4. The first-order chi connectivity index (χ1) is 32.4. The Morgan fingerprint density at radius 1 is 0.275 bits per heavy atom. The Bertz CT molecular complexity index is 3740. The van der Waals surface area contributed by atoms with Crippen molar-refractivity contribution in [1.29, 1.82) is 0 Å². The fraction of sp³-hybridized carbons (Fsp3) is 0. The van der Waals surface area contributed by atoms with Gasteiger partial charge in [-0.2, -0.15) is 0 Å². The Morgan fingerprint density at radius 3 is 0.899 bits per heavy atom. The van der Waals surface area contributed by atoms with Gasteiger partial charge in [-0.3, -0.25) is 4.98 Å². The zero-order valence-corrected chi connectivity index (χ0v) is 35.1. The average Bonchev–Trinajstić information content (AvgIpc) is 4.11. The Hall–Kier alpha value is -7.61. The van der Waals surface area contributed by atoms with Crippen molar-refractivity contribution < 1.29 is 91.3 Å². The van der Waals surface area contributed by atoms with Gasteiger partial charge in [0.1, 0.15) is 0 Å². The van der Waals surface area contributed by atoms with Gasteiger partial charge in [-0.25, -0.2) is 75.2 Å². The number of rotatable bonds is 2. The van der Waals surface area contributed by atoms with Gasteiger partial charge >= 0.3 is 21.1 Å². The van der Waals surface area contributed by atoms with E-state index in [-0.39, 0.29) is 32.2 Å². The van der Waals surface area contributed by atoms with Crippen LogP contribution in [0.25, 0.3) is 111 Å². The standard InChI is InChI=1S/C46H10F16N6.Pt/c47-23-15-16(24(48)32(56)31(23)55)40-14(12-9-5-2-6-10-12)42-18-20(28(52)36(60)34(58)26(18)50)44(65-42)67-46-22-21(29(53)37(61)38(62)30(22)54)45(68-46)66-43-19-17(25(49)33(57)35(59)27(19)51)41(64-43)13(39(15)63-40)11-7-3-1-4-8-11;/h1-10H;/q-2;+2. The smallest absolute Gasteiger partial charge is 0.434 e. The molecule has 6 aromatic carbocycles. The zero-order chi connectivity index (χ0) is 48.1. The molecule has 0 saturated carbocycles. The Kier molecular flexibility index (Phi) is 10.3. The molecule has 0 amide bonds. The Labute approximate surface area is 385 Å². The summed E-state index contributed by atoms with van der Waals surface area (Å²) in [5, 5.41) is -5.76. The first-order valence-corrected chi connectivity index (χ1v) is 19.0. The van der Waals surface area contributed by atoms with Crippen LogP contribution in [0.5, 0.6) is 0 Å². The second-order valence-electron chi connectivity index (χ2n) is 14.9. The van der Waals surface area contributed by atoms with Crippen LogP contribution >= 0.6 is 0 Å². The van der Waals surface area contributed by atoms with E-state index in [1.54, 1.807) is 0 Å². The van der Waals surface area contributed by atoms with E-state index in [1.165, 1.54) is 36.4 Å². The van der Waals surface area contributed by atoms with Crippen LogP contribution in [0, 0.1) is 93.1 Å². The molecule has 6 nitrogen and oxygen atoms in total. The predicted octanol–water partition coefficient (Wildman–Crippen LogP) is 12.9. The molecule has 0 unspecified atom stereocenters. The maximum atomic E-state index is 16.7. The molecule has 0 fully saturated rings. The van der Waals surface area contributed by atoms with Crippen LogP contribution in [0.1, 0.15) is 0 Å². The molecule has 9 aromatic rings. The minimum Gasteiger partial charge on any atom is -0.434 e. The summed E-state index contributed by atoms with van der Waals surface area (Å²) in [6.07, 6.45) is 0. The van der Waals surface area contributed by atoms with E-state index in [4.69, 9.17) is 0 Å². The number of nitrogens with zero attached hydrogens (tertiary/aromatic N) is 6. The van der Waals surface area contributed by atoms with Crippen LogP contribution < -0.4 is 9.97 Å². The van der Waals surface area contributed by atoms with Crippen LogP contribution in [0.15, 0.2) is 60.7 Å². The molecule has 0 saturated heterocycles. The normalized spacial score (nSPS) is 11.9. The largest absolute Gasteiger partial charge is 2.00 e. The topological polar surface area (TPSA) is 79.8 Å². The Balaban J connectivity index is 0.00000553. The van der Waals surface area contributed by atoms with E-state index in [0.29, 0.717) is 0 Å². The number of hydrogen-bond donors (Lipinski definition) is 0. The van der Waals surface area contributed by atoms with Gasteiger partial charge < -0.3 is 19.9 Å². The number of halogens is 16. The maximum Gasteiger partial charge on any atom is 2.00 e. The summed E-state index contributed by atoms with van der Waals surface area (Å²) < 4.78 is 253. The van der Waals surface area contributed by atoms with Crippen LogP contribution in [0.4, 0.5) is 70.2 Å². The van der Waals surface area contributed by atoms with Gasteiger partial charge in [-0.05, 0) is 33.5 Å². The van der Waals surface area contributed by atoms with Crippen molar-refractivity contribution in [3.8, 4) is 67.5 Å². The number of fused-ring (bicyclic) bond motifs is 20. The van der Waals surface area contributed by atoms with Crippen molar-refractivity contribution in [3.63, 3.8) is 0 Å². The molecular formula is C46H10F16N6Pt. The van der Waals surface area contributed by atoms with E-state index in [9.17, 15) is 0 Å². The number of aromatic nitrogens is 6. The van der Waals surface area contributed by atoms with E-state index >= 15 is 70.2 Å². The Morgan fingerprint density at radius 2 is 0.565 bits per heavy atom. The fourth-order valence-electron chi connectivity index (χ4n) is 8.36. The molecule has 0 radical (unpaired) electrons. The van der Waals surface area contributed by atoms with Crippen LogP contribution in [0.3, 0.4) is 0 Å². The molecule has 3 aromatic heterocycles. The molecule has 0 aliphatic carbocycles. The number of benzene rings is 6. The first kappa shape index (κ1) is 45.2. The maximum absolute atomic E-state index is 16.7. The number of hydrogen-bond acceptors (Lipinski definition) is 4. The summed E-state index contributed by atoms with van der Waals surface area (Å²) in [7, 11) is 0. The van der Waals surface area contributed by atoms with Crippen molar-refractivity contribution >= 4 is 43.9 Å². The minimum atomic E-state index is -2.54. The molecule has 2 aliphatic heterocycles. The molecule has 346 valence electrons. The van der Waals surface area contributed by atoms with Crippen LogP contribution in [-0.4, -0.2) is 19.9 Å². The molecule has 2 aliphatic rings. The van der Waals surface area contributed by atoms with Gasteiger partial charge in [0.25, 0.3) is 0 Å². The van der Waals surface area contributed by atoms with Gasteiger partial charge in [-0.15, -0.1) is 0 Å². The third-order valence-corrected chi connectivity index (χ3v) is 11.3. The van der Waals surface area contributed by atoms with Gasteiger partial charge in [-0.1, -0.05) is 60.7 Å². The van der Waals surface area contributed by atoms with Crippen molar-refractivity contribution in [3.05, 3.63) is 154 Å². The minimum absolute atomic E-state index is 0. The van der Waals surface area contributed by atoms with E-state index < -0.39 is 193 Å². The molecule has 11 rings (SSSR count). The fourth-order valence-corrected chi connectivity index (χ4v) is 8.36. The van der Waals surface area contributed by atoms with Gasteiger partial charge in [0, 0.05) is 43.8 Å². The molecule has 5 heterocycles. The second-order valence-corrected chi connectivity index (χ2v) is 14.9. The van der Waals surface area contributed by atoms with Crippen molar-refractivity contribution in [2.75, 3.05) is 0 Å². The monoisotopic (exact) mass is 1150 g/mol. The third kappa shape index (κ3) is 6.06. The molecule has 0 spiro atoms. The van der Waals surface area contributed by atoms with Crippen molar-refractivity contribution in [1.82, 2.24) is 29.9 Å². The third-order valence-electron chi connectivity index (χ3n) is 11.3. The summed E-state index contributed by atoms with van der Waals surface area (Å²) >= 11 is 0. The summed E-state index contributed by atoms with van der Waals surface area (Å²) in [6, 6.07) is 12.1. The predicted molar refractivity (Wildman–Crippen MR) is 209 cm³/mol. The van der Waals surface area contributed by atoms with Gasteiger partial charge in [0.2, 0.25) is 0 Å². The first-order valence-electron chi connectivity index (χ1n) is 19.0. The molecule has 8 bridgehead atoms. The molecule has 0 N–H and O–H groups in total. The average molecular weight is 1150 g/mol. The molecular weight excluding hydrogens is 1140 g/mol. The molecule has 69 heavy (non-hydrogen) atoms. The molecule has 0 atom stereocenters. The summed E-state index contributed by atoms with van der Waals surface area (Å²) in [4.78, 5) is 23.6. The zero-order valence-electron chi connectivity index (χ0n) is 32.8. The van der Waals surface area contributed by atoms with E-state index in [2.05, 4.69) is 29.9 Å². The van der Waals surface area contributed by atoms with Crippen molar-refractivity contribution in [2.24, 2.45) is 0 Å². The van der Waals surface area contributed by atoms with Crippen molar-refractivity contribution in [2.45, 2.75) is 0 Å². The van der Waals surface area contributed by atoms with Gasteiger partial charge in [0.15, 0.2) is 93.1 Å². The molecule has 23 heteroatoms. The van der Waals surface area contributed by atoms with E-state index in [1.807, 2.05) is 0 Å². The quantitative estimate of drug-likeness (QED) is 0.0975. The van der Waals surface area contributed by atoms with E-state index in [0.717, 1.165) is 24.3 Å². The summed E-state index contributed by atoms with van der Waals surface area (Å²) in [6.45, 7) is 0. The SMILES string of the molecule is Fc1c(F)c(F)c2c(c1F)-c1nc-2nc2[n-]c(c(-c3ccccc3)c3nc(c(-c4ccccc4)c4[n-]c(n1)c1c(F)c(F)c(F)c(F)c41)-c1c(F)c(F)c(F)c(F)c1-3)c1c(F)c(F)c(F)c(F)c21.[Pt+2]. The van der Waals surface area contributed by atoms with Crippen LogP contribution in [0.2, 0.25) is 0 Å².